The SMILES string of the molecule is COc1ccc(-c2ccc(CN3CCCC3)cn2)c(OC)c1. The summed E-state index contributed by atoms with van der Waals surface area (Å²) in [6.45, 7) is 3.40. The second-order valence-electron chi connectivity index (χ2n) is 5.60. The average Bonchev–Trinajstić information content (AvgIpc) is 3.08. The number of ether oxygens (including phenoxy) is 2. The van der Waals surface area contributed by atoms with Crippen molar-refractivity contribution in [3.05, 3.63) is 42.1 Å². The number of benzene rings is 1. The highest BCUT2D eigenvalue weighted by Crippen LogP contribution is 2.32. The van der Waals surface area contributed by atoms with Crippen LogP contribution in [-0.2, 0) is 6.54 Å². The van der Waals surface area contributed by atoms with Gasteiger partial charge in [-0.05, 0) is 49.7 Å². The van der Waals surface area contributed by atoms with Crippen molar-refractivity contribution in [2.24, 2.45) is 0 Å². The number of aromatic nitrogens is 1. The van der Waals surface area contributed by atoms with Gasteiger partial charge in [0.1, 0.15) is 11.5 Å². The Hall–Kier alpha value is -2.07. The van der Waals surface area contributed by atoms with Crippen LogP contribution < -0.4 is 9.47 Å². The summed E-state index contributed by atoms with van der Waals surface area (Å²) in [6.07, 6.45) is 4.60. The van der Waals surface area contributed by atoms with Crippen molar-refractivity contribution < 1.29 is 9.47 Å². The molecular weight excluding hydrogens is 276 g/mol. The lowest BCUT2D eigenvalue weighted by Crippen LogP contribution is -2.18. The Morgan fingerprint density at radius 1 is 1.05 bits per heavy atom. The second kappa shape index (κ2) is 6.79. The van der Waals surface area contributed by atoms with E-state index in [0.717, 1.165) is 29.3 Å². The van der Waals surface area contributed by atoms with E-state index in [1.165, 1.54) is 31.5 Å². The largest absolute Gasteiger partial charge is 0.497 e. The first kappa shape index (κ1) is 14.9. The van der Waals surface area contributed by atoms with Crippen LogP contribution in [0, 0.1) is 0 Å². The van der Waals surface area contributed by atoms with Gasteiger partial charge in [0.15, 0.2) is 0 Å². The van der Waals surface area contributed by atoms with Crippen molar-refractivity contribution in [3.8, 4) is 22.8 Å². The molecule has 0 unspecified atom stereocenters. The van der Waals surface area contributed by atoms with Crippen LogP contribution in [0.15, 0.2) is 36.5 Å². The third-order valence-corrected chi connectivity index (χ3v) is 4.11. The highest BCUT2D eigenvalue weighted by molar-refractivity contribution is 5.68. The van der Waals surface area contributed by atoms with Gasteiger partial charge in [0.05, 0.1) is 19.9 Å². The molecule has 0 amide bonds. The molecule has 3 rings (SSSR count). The molecule has 1 aliphatic rings. The van der Waals surface area contributed by atoms with Crippen molar-refractivity contribution >= 4 is 0 Å². The van der Waals surface area contributed by atoms with Gasteiger partial charge in [0, 0.05) is 24.4 Å². The average molecular weight is 298 g/mol. The predicted molar refractivity (Wildman–Crippen MR) is 87.3 cm³/mol. The molecule has 1 aromatic carbocycles. The smallest absolute Gasteiger partial charge is 0.131 e. The number of likely N-dealkylation sites (tertiary alicyclic amines) is 1. The van der Waals surface area contributed by atoms with Gasteiger partial charge >= 0.3 is 0 Å². The first-order valence-electron chi connectivity index (χ1n) is 7.70. The van der Waals surface area contributed by atoms with Crippen LogP contribution in [-0.4, -0.2) is 37.2 Å². The van der Waals surface area contributed by atoms with Crippen molar-refractivity contribution in [2.45, 2.75) is 19.4 Å². The zero-order valence-corrected chi connectivity index (χ0v) is 13.2. The van der Waals surface area contributed by atoms with Gasteiger partial charge in [-0.2, -0.15) is 0 Å². The van der Waals surface area contributed by atoms with E-state index in [0.29, 0.717) is 0 Å². The Morgan fingerprint density at radius 3 is 2.50 bits per heavy atom. The quantitative estimate of drug-likeness (QED) is 0.848. The van der Waals surface area contributed by atoms with E-state index >= 15 is 0 Å². The Balaban J connectivity index is 1.80. The number of nitrogens with zero attached hydrogens (tertiary/aromatic N) is 2. The lowest BCUT2D eigenvalue weighted by atomic mass is 10.1. The highest BCUT2D eigenvalue weighted by atomic mass is 16.5. The summed E-state index contributed by atoms with van der Waals surface area (Å²) in [6, 6.07) is 10.0. The molecule has 0 saturated carbocycles. The standard InChI is InChI=1S/C18H22N2O2/c1-21-15-6-7-16(18(11-15)22-2)17-8-5-14(12-19-17)13-20-9-3-4-10-20/h5-8,11-12H,3-4,9-10,13H2,1-2H3. The summed E-state index contributed by atoms with van der Waals surface area (Å²) in [4.78, 5) is 7.08. The molecule has 2 heterocycles. The molecule has 0 atom stereocenters. The molecule has 1 saturated heterocycles. The van der Waals surface area contributed by atoms with Gasteiger partial charge in [0.2, 0.25) is 0 Å². The molecule has 22 heavy (non-hydrogen) atoms. The summed E-state index contributed by atoms with van der Waals surface area (Å²) in [5, 5.41) is 0. The van der Waals surface area contributed by atoms with Crippen molar-refractivity contribution in [1.82, 2.24) is 9.88 Å². The highest BCUT2D eigenvalue weighted by Gasteiger charge is 2.13. The lowest BCUT2D eigenvalue weighted by molar-refractivity contribution is 0.331. The van der Waals surface area contributed by atoms with Gasteiger partial charge in [-0.15, -0.1) is 0 Å². The maximum absolute atomic E-state index is 5.45. The van der Waals surface area contributed by atoms with E-state index in [9.17, 15) is 0 Å². The number of pyridine rings is 1. The Kier molecular flexibility index (Phi) is 4.59. The Labute approximate surface area is 131 Å². The molecule has 2 aromatic rings. The van der Waals surface area contributed by atoms with Crippen LogP contribution in [0.2, 0.25) is 0 Å². The van der Waals surface area contributed by atoms with Crippen LogP contribution in [0.1, 0.15) is 18.4 Å². The number of methoxy groups -OCH3 is 2. The summed E-state index contributed by atoms with van der Waals surface area (Å²) in [7, 11) is 3.32. The molecular formula is C18H22N2O2. The van der Waals surface area contributed by atoms with Crippen LogP contribution in [0.3, 0.4) is 0 Å². The number of hydrogen-bond acceptors (Lipinski definition) is 4. The summed E-state index contributed by atoms with van der Waals surface area (Å²) in [5.74, 6) is 1.56. The zero-order valence-electron chi connectivity index (χ0n) is 13.2. The first-order valence-corrected chi connectivity index (χ1v) is 7.70. The zero-order chi connectivity index (χ0) is 15.4. The van der Waals surface area contributed by atoms with Gasteiger partial charge in [-0.25, -0.2) is 0 Å². The Morgan fingerprint density at radius 2 is 1.86 bits per heavy atom. The third-order valence-electron chi connectivity index (χ3n) is 4.11. The monoisotopic (exact) mass is 298 g/mol. The minimum absolute atomic E-state index is 0.777. The second-order valence-corrected chi connectivity index (χ2v) is 5.60. The van der Waals surface area contributed by atoms with E-state index in [1.807, 2.05) is 24.4 Å². The fourth-order valence-corrected chi connectivity index (χ4v) is 2.89. The van der Waals surface area contributed by atoms with Gasteiger partial charge in [-0.3, -0.25) is 9.88 Å². The van der Waals surface area contributed by atoms with Gasteiger partial charge in [-0.1, -0.05) is 6.07 Å². The third kappa shape index (κ3) is 3.22. The van der Waals surface area contributed by atoms with Crippen LogP contribution >= 0.6 is 0 Å². The maximum Gasteiger partial charge on any atom is 0.131 e. The molecule has 1 aliphatic heterocycles. The van der Waals surface area contributed by atoms with E-state index in [2.05, 4.69) is 22.0 Å². The molecule has 0 bridgehead atoms. The summed E-state index contributed by atoms with van der Waals surface area (Å²) < 4.78 is 10.7. The fourth-order valence-electron chi connectivity index (χ4n) is 2.89. The molecule has 0 radical (unpaired) electrons. The van der Waals surface area contributed by atoms with Crippen molar-refractivity contribution in [1.29, 1.82) is 0 Å². The molecule has 0 aliphatic carbocycles. The number of hydrogen-bond donors (Lipinski definition) is 0. The Bertz CT molecular complexity index is 619. The normalized spacial score (nSPS) is 15.0. The van der Waals surface area contributed by atoms with Crippen molar-refractivity contribution in [2.75, 3.05) is 27.3 Å². The fraction of sp³-hybridized carbons (Fsp3) is 0.389. The lowest BCUT2D eigenvalue weighted by Gasteiger charge is -2.15. The van der Waals surface area contributed by atoms with Crippen molar-refractivity contribution in [3.63, 3.8) is 0 Å². The molecule has 4 nitrogen and oxygen atoms in total. The summed E-state index contributed by atoms with van der Waals surface area (Å²) >= 11 is 0. The summed E-state index contributed by atoms with van der Waals surface area (Å²) in [5.41, 5.74) is 3.17. The minimum atomic E-state index is 0.777. The maximum atomic E-state index is 5.45. The van der Waals surface area contributed by atoms with E-state index in [1.54, 1.807) is 14.2 Å². The molecule has 1 aromatic heterocycles. The van der Waals surface area contributed by atoms with E-state index in [4.69, 9.17) is 9.47 Å². The van der Waals surface area contributed by atoms with Crippen LogP contribution in [0.25, 0.3) is 11.3 Å². The van der Waals surface area contributed by atoms with E-state index in [-0.39, 0.29) is 0 Å². The van der Waals surface area contributed by atoms with E-state index < -0.39 is 0 Å². The van der Waals surface area contributed by atoms with Crippen LogP contribution in [0.4, 0.5) is 0 Å². The van der Waals surface area contributed by atoms with Gasteiger partial charge < -0.3 is 9.47 Å². The minimum Gasteiger partial charge on any atom is -0.497 e. The van der Waals surface area contributed by atoms with Gasteiger partial charge in [0.25, 0.3) is 0 Å². The topological polar surface area (TPSA) is 34.6 Å². The first-order chi connectivity index (χ1) is 10.8. The molecule has 0 spiro atoms. The molecule has 1 fully saturated rings. The molecule has 116 valence electrons. The predicted octanol–water partition coefficient (Wildman–Crippen LogP) is 3.36. The molecule has 4 heteroatoms. The van der Waals surface area contributed by atoms with Crippen LogP contribution in [0.5, 0.6) is 11.5 Å². The molecule has 0 N–H and O–H groups in total. The number of rotatable bonds is 5.